The lowest BCUT2D eigenvalue weighted by Gasteiger charge is -2.43. The summed E-state index contributed by atoms with van der Waals surface area (Å²) in [6, 6.07) is 9.24. The Labute approximate surface area is 186 Å². The summed E-state index contributed by atoms with van der Waals surface area (Å²) in [6.07, 6.45) is 3.84. The van der Waals surface area contributed by atoms with Crippen molar-refractivity contribution in [3.8, 4) is 0 Å². The topological polar surface area (TPSA) is 99.0 Å². The zero-order valence-electron chi connectivity index (χ0n) is 16.9. The number of aliphatic hydroxyl groups excluding tert-OH is 3. The number of thioether (sulfide) groups is 2. The van der Waals surface area contributed by atoms with Crippen LogP contribution in [0.4, 0.5) is 0 Å². The summed E-state index contributed by atoms with van der Waals surface area (Å²) in [7, 11) is 0. The van der Waals surface area contributed by atoms with Gasteiger partial charge in [0.05, 0.1) is 12.6 Å². The predicted octanol–water partition coefficient (Wildman–Crippen LogP) is 2.42. The first kappa shape index (κ1) is 23.6. The Morgan fingerprint density at radius 1 is 1.13 bits per heavy atom. The van der Waals surface area contributed by atoms with Gasteiger partial charge in [0.15, 0.2) is 0 Å². The van der Waals surface area contributed by atoms with E-state index in [0.29, 0.717) is 5.25 Å². The normalized spacial score (nSPS) is 30.4. The molecule has 3 rings (SSSR count). The lowest BCUT2D eigenvalue weighted by Crippen LogP contribution is -2.63. The van der Waals surface area contributed by atoms with Crippen LogP contribution in [0.5, 0.6) is 0 Å². The Bertz CT molecular complexity index is 683. The summed E-state index contributed by atoms with van der Waals surface area (Å²) in [6.45, 7) is -0.378. The van der Waals surface area contributed by atoms with E-state index >= 15 is 0 Å². The van der Waals surface area contributed by atoms with Crippen molar-refractivity contribution >= 4 is 29.4 Å². The standard InChI is InChI=1S/C22H31NO5S2/c24-13-17-20(26)21(27)19(22(28-17)30-16-9-5-2-6-10-16)23-18(25)11-12-29-14-15-7-3-1-4-8-15/h1,3-4,7-8,11-12,16-17,19-22,24,26-27H,2,5-6,9-10,13-14H2,(H,23,25)/b12-11+/t17-,19-,20-,21-,22-/m1/s1. The highest BCUT2D eigenvalue weighted by Gasteiger charge is 2.45. The molecule has 166 valence electrons. The predicted molar refractivity (Wildman–Crippen MR) is 121 cm³/mol. The van der Waals surface area contributed by atoms with Gasteiger partial charge in [-0.2, -0.15) is 0 Å². The first-order valence-electron chi connectivity index (χ1n) is 10.5. The summed E-state index contributed by atoms with van der Waals surface area (Å²) in [4.78, 5) is 12.4. The summed E-state index contributed by atoms with van der Waals surface area (Å²) in [5, 5.41) is 35.3. The fourth-order valence-corrected chi connectivity index (χ4v) is 6.07. The molecular formula is C22H31NO5S2. The van der Waals surface area contributed by atoms with Gasteiger partial charge in [0.25, 0.3) is 0 Å². The van der Waals surface area contributed by atoms with Crippen LogP contribution in [0.3, 0.4) is 0 Å². The summed E-state index contributed by atoms with van der Waals surface area (Å²) in [5.74, 6) is 0.420. The van der Waals surface area contributed by atoms with Crippen LogP contribution in [0.25, 0.3) is 0 Å². The van der Waals surface area contributed by atoms with E-state index in [0.717, 1.165) is 31.4 Å². The molecule has 6 nitrogen and oxygen atoms in total. The molecule has 0 spiro atoms. The molecule has 5 atom stereocenters. The summed E-state index contributed by atoms with van der Waals surface area (Å²) < 4.78 is 5.88. The minimum absolute atomic E-state index is 0.341. The average molecular weight is 454 g/mol. The smallest absolute Gasteiger partial charge is 0.244 e. The van der Waals surface area contributed by atoms with Gasteiger partial charge in [0.2, 0.25) is 5.91 Å². The van der Waals surface area contributed by atoms with Crippen molar-refractivity contribution in [3.63, 3.8) is 0 Å². The largest absolute Gasteiger partial charge is 0.394 e. The molecule has 2 aliphatic rings. The first-order chi connectivity index (χ1) is 14.6. The zero-order valence-corrected chi connectivity index (χ0v) is 18.6. The van der Waals surface area contributed by atoms with E-state index in [2.05, 4.69) is 5.32 Å². The second-order valence-electron chi connectivity index (χ2n) is 7.74. The number of amides is 1. The molecule has 1 amide bonds. The fraction of sp³-hybridized carbons (Fsp3) is 0.591. The number of carbonyl (C=O) groups excluding carboxylic acids is 1. The molecule has 4 N–H and O–H groups in total. The lowest BCUT2D eigenvalue weighted by molar-refractivity contribution is -0.173. The minimum atomic E-state index is -1.25. The van der Waals surface area contributed by atoms with Crippen molar-refractivity contribution in [1.82, 2.24) is 5.32 Å². The summed E-state index contributed by atoms with van der Waals surface area (Å²) >= 11 is 3.10. The molecule has 0 bridgehead atoms. The van der Waals surface area contributed by atoms with Crippen molar-refractivity contribution < 1.29 is 24.9 Å². The number of rotatable bonds is 8. The van der Waals surface area contributed by atoms with Gasteiger partial charge < -0.3 is 25.4 Å². The molecule has 1 aliphatic carbocycles. The van der Waals surface area contributed by atoms with Crippen molar-refractivity contribution in [2.75, 3.05) is 6.61 Å². The van der Waals surface area contributed by atoms with Crippen molar-refractivity contribution in [2.45, 2.75) is 72.9 Å². The van der Waals surface area contributed by atoms with E-state index in [1.807, 2.05) is 30.3 Å². The van der Waals surface area contributed by atoms with E-state index in [1.165, 1.54) is 29.8 Å². The van der Waals surface area contributed by atoms with Crippen LogP contribution in [0, 0.1) is 0 Å². The molecule has 0 aromatic heterocycles. The maximum Gasteiger partial charge on any atom is 0.244 e. The van der Waals surface area contributed by atoms with E-state index in [1.54, 1.807) is 17.2 Å². The molecular weight excluding hydrogens is 422 g/mol. The molecule has 30 heavy (non-hydrogen) atoms. The van der Waals surface area contributed by atoms with Gasteiger partial charge in [-0.3, -0.25) is 4.79 Å². The number of aliphatic hydroxyl groups is 3. The van der Waals surface area contributed by atoms with Gasteiger partial charge in [0, 0.05) is 17.1 Å². The van der Waals surface area contributed by atoms with Crippen LogP contribution in [0.2, 0.25) is 0 Å². The maximum absolute atomic E-state index is 12.4. The quantitative estimate of drug-likeness (QED) is 0.449. The van der Waals surface area contributed by atoms with E-state index in [4.69, 9.17) is 4.74 Å². The number of nitrogens with one attached hydrogen (secondary N) is 1. The first-order valence-corrected chi connectivity index (χ1v) is 12.5. The molecule has 0 radical (unpaired) electrons. The highest BCUT2D eigenvalue weighted by molar-refractivity contribution is 8.01. The number of carbonyl (C=O) groups is 1. The number of hydrogen-bond donors (Lipinski definition) is 4. The van der Waals surface area contributed by atoms with Crippen LogP contribution in [0.15, 0.2) is 41.8 Å². The number of hydrogen-bond acceptors (Lipinski definition) is 7. The summed E-state index contributed by atoms with van der Waals surface area (Å²) in [5.41, 5.74) is 0.656. The van der Waals surface area contributed by atoms with Crippen LogP contribution >= 0.6 is 23.5 Å². The number of ether oxygens (including phenoxy) is 1. The third-order valence-electron chi connectivity index (χ3n) is 5.48. The molecule has 8 heteroatoms. The highest BCUT2D eigenvalue weighted by Crippen LogP contribution is 2.36. The van der Waals surface area contributed by atoms with Gasteiger partial charge >= 0.3 is 0 Å². The second kappa shape index (κ2) is 12.1. The zero-order chi connectivity index (χ0) is 21.3. The minimum Gasteiger partial charge on any atom is -0.394 e. The van der Waals surface area contributed by atoms with Crippen LogP contribution in [-0.2, 0) is 15.3 Å². The maximum atomic E-state index is 12.4. The van der Waals surface area contributed by atoms with Crippen molar-refractivity contribution in [2.24, 2.45) is 0 Å². The third kappa shape index (κ3) is 6.73. The van der Waals surface area contributed by atoms with Crippen LogP contribution < -0.4 is 5.32 Å². The van der Waals surface area contributed by atoms with Gasteiger partial charge in [-0.05, 0) is 23.8 Å². The van der Waals surface area contributed by atoms with E-state index < -0.39 is 29.8 Å². The number of benzene rings is 1. The lowest BCUT2D eigenvalue weighted by atomic mass is 9.98. The molecule has 1 aliphatic heterocycles. The fourth-order valence-electron chi connectivity index (χ4n) is 3.78. The molecule has 1 aromatic carbocycles. The monoisotopic (exact) mass is 453 g/mol. The van der Waals surface area contributed by atoms with E-state index in [-0.39, 0.29) is 12.5 Å². The Balaban J connectivity index is 1.57. The third-order valence-corrected chi connectivity index (χ3v) is 7.83. The van der Waals surface area contributed by atoms with E-state index in [9.17, 15) is 20.1 Å². The van der Waals surface area contributed by atoms with Gasteiger partial charge in [-0.15, -0.1) is 23.5 Å². The van der Waals surface area contributed by atoms with Gasteiger partial charge in [0.1, 0.15) is 23.7 Å². The Kier molecular flexibility index (Phi) is 9.55. The molecule has 1 heterocycles. The van der Waals surface area contributed by atoms with Crippen molar-refractivity contribution in [1.29, 1.82) is 0 Å². The van der Waals surface area contributed by atoms with Crippen molar-refractivity contribution in [3.05, 3.63) is 47.4 Å². The highest BCUT2D eigenvalue weighted by atomic mass is 32.2. The van der Waals surface area contributed by atoms with Gasteiger partial charge in [-0.25, -0.2) is 0 Å². The molecule has 0 unspecified atom stereocenters. The molecule has 1 saturated heterocycles. The van der Waals surface area contributed by atoms with Gasteiger partial charge in [-0.1, -0.05) is 49.6 Å². The molecule has 1 aromatic rings. The average Bonchev–Trinajstić information content (AvgIpc) is 2.77. The Hall–Kier alpha value is -1.03. The van der Waals surface area contributed by atoms with Crippen LogP contribution in [0.1, 0.15) is 37.7 Å². The Morgan fingerprint density at radius 2 is 1.87 bits per heavy atom. The Morgan fingerprint density at radius 3 is 2.57 bits per heavy atom. The molecule has 1 saturated carbocycles. The second-order valence-corrected chi connectivity index (χ2v) is 10.0. The van der Waals surface area contributed by atoms with Crippen LogP contribution in [-0.4, -0.2) is 62.9 Å². The SMILES string of the molecule is O=C(/C=C/SCc1ccccc1)N[C@@H]1[C@@H](O)[C@H](O)[C@@H](CO)O[C@@H]1SC1CCCCC1. The molecule has 2 fully saturated rings.